The van der Waals surface area contributed by atoms with Crippen molar-refractivity contribution in [1.82, 2.24) is 19.4 Å². The van der Waals surface area contributed by atoms with Gasteiger partial charge in [-0.15, -0.1) is 0 Å². The average Bonchev–Trinajstić information content (AvgIpc) is 3.10. The van der Waals surface area contributed by atoms with E-state index in [4.69, 9.17) is 0 Å². The van der Waals surface area contributed by atoms with Gasteiger partial charge in [-0.2, -0.15) is 0 Å². The van der Waals surface area contributed by atoms with Crippen LogP contribution in [0.15, 0.2) is 55.0 Å². The van der Waals surface area contributed by atoms with Gasteiger partial charge in [0.1, 0.15) is 5.69 Å². The molecule has 1 aromatic carbocycles. The molecule has 5 heteroatoms. The Labute approximate surface area is 159 Å². The molecule has 5 nitrogen and oxygen atoms in total. The lowest BCUT2D eigenvalue weighted by molar-refractivity contribution is 0.0626. The van der Waals surface area contributed by atoms with Crippen LogP contribution in [0.3, 0.4) is 0 Å². The number of carbonyl (C=O) groups is 1. The van der Waals surface area contributed by atoms with Gasteiger partial charge in [-0.1, -0.05) is 30.3 Å². The number of benzene rings is 1. The van der Waals surface area contributed by atoms with Gasteiger partial charge in [-0.25, -0.2) is 9.97 Å². The number of rotatable bonds is 3. The number of nitrogens with zero attached hydrogens (tertiary/aromatic N) is 4. The second-order valence-corrected chi connectivity index (χ2v) is 7.23. The fourth-order valence-electron chi connectivity index (χ4n) is 3.70. The van der Waals surface area contributed by atoms with E-state index in [1.54, 1.807) is 0 Å². The van der Waals surface area contributed by atoms with E-state index in [-0.39, 0.29) is 5.91 Å². The number of carbonyl (C=O) groups excluding carboxylic acids is 1. The van der Waals surface area contributed by atoms with Crippen LogP contribution in [0.1, 0.15) is 36.7 Å². The summed E-state index contributed by atoms with van der Waals surface area (Å²) in [5.41, 5.74) is 3.58. The van der Waals surface area contributed by atoms with E-state index in [0.29, 0.717) is 17.6 Å². The van der Waals surface area contributed by atoms with Gasteiger partial charge in [0.15, 0.2) is 5.82 Å². The standard InChI is InChI=1S/C22H24N4O/c1-16-8-6-7-11-26(16)22(27)20-12-18(15-25(20)2)19-13-23-21(24-14-19)17-9-4-3-5-10-17/h3-5,9-10,12-16H,6-8,11H2,1-2H3/t16-/m0/s1. The van der Waals surface area contributed by atoms with E-state index in [1.807, 2.05) is 71.5 Å². The van der Waals surface area contributed by atoms with Crippen molar-refractivity contribution in [3.63, 3.8) is 0 Å². The number of aromatic nitrogens is 3. The van der Waals surface area contributed by atoms with E-state index in [0.717, 1.165) is 36.1 Å². The lowest BCUT2D eigenvalue weighted by atomic mass is 10.0. The molecule has 3 heterocycles. The van der Waals surface area contributed by atoms with Gasteiger partial charge in [0, 0.05) is 54.9 Å². The molecule has 27 heavy (non-hydrogen) atoms. The zero-order chi connectivity index (χ0) is 18.8. The van der Waals surface area contributed by atoms with Gasteiger partial charge in [-0.05, 0) is 32.3 Å². The first kappa shape index (κ1) is 17.5. The summed E-state index contributed by atoms with van der Waals surface area (Å²) in [5, 5.41) is 0. The Hall–Kier alpha value is -2.95. The molecule has 0 radical (unpaired) electrons. The van der Waals surface area contributed by atoms with Gasteiger partial charge in [0.25, 0.3) is 5.91 Å². The molecule has 1 atom stereocenters. The van der Waals surface area contributed by atoms with Gasteiger partial charge in [0.05, 0.1) is 0 Å². The van der Waals surface area contributed by atoms with Crippen molar-refractivity contribution in [2.45, 2.75) is 32.2 Å². The quantitative estimate of drug-likeness (QED) is 0.704. The SMILES string of the molecule is C[C@H]1CCCCN1C(=O)c1cc(-c2cnc(-c3ccccc3)nc2)cn1C. The van der Waals surface area contributed by atoms with Crippen molar-refractivity contribution >= 4 is 5.91 Å². The molecule has 138 valence electrons. The molecule has 1 aliphatic heterocycles. The summed E-state index contributed by atoms with van der Waals surface area (Å²) in [6, 6.07) is 12.2. The summed E-state index contributed by atoms with van der Waals surface area (Å²) >= 11 is 0. The summed E-state index contributed by atoms with van der Waals surface area (Å²) in [5.74, 6) is 0.812. The molecule has 2 aromatic heterocycles. The molecule has 0 bridgehead atoms. The Balaban J connectivity index is 1.58. The largest absolute Gasteiger partial charge is 0.346 e. The van der Waals surface area contributed by atoms with Crippen LogP contribution >= 0.6 is 0 Å². The van der Waals surface area contributed by atoms with Crippen molar-refractivity contribution in [1.29, 1.82) is 0 Å². The molecule has 3 aromatic rings. The second kappa shape index (κ2) is 7.35. The van der Waals surface area contributed by atoms with Crippen molar-refractivity contribution in [3.05, 3.63) is 60.7 Å². The van der Waals surface area contributed by atoms with Gasteiger partial charge >= 0.3 is 0 Å². The molecule has 0 spiro atoms. The summed E-state index contributed by atoms with van der Waals surface area (Å²) in [6.07, 6.45) is 8.99. The van der Waals surface area contributed by atoms with Crippen molar-refractivity contribution < 1.29 is 4.79 Å². The van der Waals surface area contributed by atoms with Crippen LogP contribution in [0.25, 0.3) is 22.5 Å². The normalized spacial score (nSPS) is 17.1. The van der Waals surface area contributed by atoms with Crippen LogP contribution in [-0.2, 0) is 7.05 Å². The first-order valence-electron chi connectivity index (χ1n) is 9.48. The molecule has 4 rings (SSSR count). The predicted octanol–water partition coefficient (Wildman–Crippen LogP) is 4.16. The Morgan fingerprint density at radius 2 is 1.78 bits per heavy atom. The van der Waals surface area contributed by atoms with E-state index in [9.17, 15) is 4.79 Å². The highest BCUT2D eigenvalue weighted by Gasteiger charge is 2.26. The maximum absolute atomic E-state index is 13.0. The molecule has 1 saturated heterocycles. The Bertz CT molecular complexity index is 931. The minimum Gasteiger partial charge on any atom is -0.346 e. The van der Waals surface area contributed by atoms with Gasteiger partial charge in [0.2, 0.25) is 0 Å². The van der Waals surface area contributed by atoms with Crippen LogP contribution in [-0.4, -0.2) is 37.9 Å². The molecule has 1 fully saturated rings. The molecule has 1 aliphatic rings. The summed E-state index contributed by atoms with van der Waals surface area (Å²) < 4.78 is 1.91. The number of hydrogen-bond donors (Lipinski definition) is 0. The first-order chi connectivity index (χ1) is 13.1. The zero-order valence-corrected chi connectivity index (χ0v) is 15.8. The maximum Gasteiger partial charge on any atom is 0.270 e. The monoisotopic (exact) mass is 360 g/mol. The summed E-state index contributed by atoms with van der Waals surface area (Å²) in [6.45, 7) is 2.98. The van der Waals surface area contributed by atoms with E-state index >= 15 is 0 Å². The lowest BCUT2D eigenvalue weighted by Crippen LogP contribution is -2.42. The lowest BCUT2D eigenvalue weighted by Gasteiger charge is -2.33. The van der Waals surface area contributed by atoms with E-state index < -0.39 is 0 Å². The fraction of sp³-hybridized carbons (Fsp3) is 0.318. The molecule has 0 N–H and O–H groups in total. The highest BCUT2D eigenvalue weighted by atomic mass is 16.2. The van der Waals surface area contributed by atoms with Crippen molar-refractivity contribution in [3.8, 4) is 22.5 Å². The van der Waals surface area contributed by atoms with Crippen LogP contribution < -0.4 is 0 Å². The Morgan fingerprint density at radius 3 is 2.48 bits per heavy atom. The summed E-state index contributed by atoms with van der Waals surface area (Å²) in [4.78, 5) is 24.0. The van der Waals surface area contributed by atoms with Crippen molar-refractivity contribution in [2.75, 3.05) is 6.54 Å². The van der Waals surface area contributed by atoms with Crippen LogP contribution in [0.4, 0.5) is 0 Å². The average molecular weight is 360 g/mol. The third kappa shape index (κ3) is 3.50. The van der Waals surface area contributed by atoms with Crippen LogP contribution in [0.2, 0.25) is 0 Å². The Morgan fingerprint density at radius 1 is 1.04 bits per heavy atom. The topological polar surface area (TPSA) is 51.0 Å². The third-order valence-electron chi connectivity index (χ3n) is 5.31. The second-order valence-electron chi connectivity index (χ2n) is 7.23. The first-order valence-corrected chi connectivity index (χ1v) is 9.48. The van der Waals surface area contributed by atoms with Crippen LogP contribution in [0, 0.1) is 0 Å². The summed E-state index contributed by atoms with van der Waals surface area (Å²) in [7, 11) is 1.92. The molecular weight excluding hydrogens is 336 g/mol. The van der Waals surface area contributed by atoms with Crippen molar-refractivity contribution in [2.24, 2.45) is 7.05 Å². The number of piperidine rings is 1. The highest BCUT2D eigenvalue weighted by Crippen LogP contribution is 2.25. The highest BCUT2D eigenvalue weighted by molar-refractivity contribution is 5.94. The molecule has 1 amide bonds. The van der Waals surface area contributed by atoms with Gasteiger partial charge in [-0.3, -0.25) is 4.79 Å². The van der Waals surface area contributed by atoms with Gasteiger partial charge < -0.3 is 9.47 Å². The molecule has 0 aliphatic carbocycles. The molecule has 0 unspecified atom stereocenters. The minimum absolute atomic E-state index is 0.109. The zero-order valence-electron chi connectivity index (χ0n) is 15.8. The number of likely N-dealkylation sites (tertiary alicyclic amines) is 1. The van der Waals surface area contributed by atoms with E-state index in [1.165, 1.54) is 6.42 Å². The number of amides is 1. The number of aryl methyl sites for hydroxylation is 1. The molecular formula is C22H24N4O. The maximum atomic E-state index is 13.0. The third-order valence-corrected chi connectivity index (χ3v) is 5.31. The molecule has 0 saturated carbocycles. The van der Waals surface area contributed by atoms with E-state index in [2.05, 4.69) is 16.9 Å². The fourth-order valence-corrected chi connectivity index (χ4v) is 3.70. The van der Waals surface area contributed by atoms with Crippen LogP contribution in [0.5, 0.6) is 0 Å². The Kier molecular flexibility index (Phi) is 4.75. The number of hydrogen-bond acceptors (Lipinski definition) is 3. The predicted molar refractivity (Wildman–Crippen MR) is 106 cm³/mol. The minimum atomic E-state index is 0.109. The smallest absolute Gasteiger partial charge is 0.270 e.